The molecule has 1 aliphatic carbocycles. The molecule has 1 aromatic rings. The van der Waals surface area contributed by atoms with Crippen molar-refractivity contribution < 1.29 is 4.74 Å². The molecule has 1 fully saturated rings. The molecule has 2 rings (SSSR count). The fourth-order valence-corrected chi connectivity index (χ4v) is 2.52. The first kappa shape index (κ1) is 12.4. The van der Waals surface area contributed by atoms with E-state index in [0.29, 0.717) is 0 Å². The van der Waals surface area contributed by atoms with Crippen LogP contribution in [-0.4, -0.2) is 13.7 Å². The van der Waals surface area contributed by atoms with E-state index in [1.54, 1.807) is 0 Å². The number of benzene rings is 1. The van der Waals surface area contributed by atoms with Crippen LogP contribution in [0.5, 0.6) is 5.75 Å². The minimum atomic E-state index is 0.775. The molecule has 17 heavy (non-hydrogen) atoms. The number of nitrogens with one attached hydrogen (secondary N) is 1. The van der Waals surface area contributed by atoms with Crippen molar-refractivity contribution in [1.82, 2.24) is 5.32 Å². The van der Waals surface area contributed by atoms with Gasteiger partial charge in [0.15, 0.2) is 0 Å². The van der Waals surface area contributed by atoms with Gasteiger partial charge < -0.3 is 10.1 Å². The quantitative estimate of drug-likeness (QED) is 0.842. The van der Waals surface area contributed by atoms with E-state index in [2.05, 4.69) is 29.6 Å². The molecule has 0 bridgehead atoms. The molecule has 0 aromatic heterocycles. The van der Waals surface area contributed by atoms with Gasteiger partial charge in [0.25, 0.3) is 0 Å². The molecule has 1 saturated carbocycles. The molecule has 0 heterocycles. The fraction of sp³-hybridized carbons (Fsp3) is 0.600. The van der Waals surface area contributed by atoms with Gasteiger partial charge in [0.05, 0.1) is 6.61 Å². The maximum Gasteiger partial charge on any atom is 0.119 e. The molecule has 0 aliphatic heterocycles. The summed E-state index contributed by atoms with van der Waals surface area (Å²) in [4.78, 5) is 0. The SMILES string of the molecule is CNCc1cccc(OCC2CCCCC2)c1. The van der Waals surface area contributed by atoms with E-state index in [1.807, 2.05) is 7.05 Å². The molecule has 0 saturated heterocycles. The highest BCUT2D eigenvalue weighted by atomic mass is 16.5. The first-order valence-corrected chi connectivity index (χ1v) is 6.75. The van der Waals surface area contributed by atoms with Crippen LogP contribution < -0.4 is 10.1 Å². The minimum Gasteiger partial charge on any atom is -0.493 e. The summed E-state index contributed by atoms with van der Waals surface area (Å²) in [5.41, 5.74) is 1.29. The van der Waals surface area contributed by atoms with Crippen molar-refractivity contribution in [1.29, 1.82) is 0 Å². The Morgan fingerprint density at radius 1 is 1.24 bits per heavy atom. The van der Waals surface area contributed by atoms with Crippen molar-refractivity contribution in [2.75, 3.05) is 13.7 Å². The van der Waals surface area contributed by atoms with Crippen LogP contribution >= 0.6 is 0 Å². The molecule has 2 heteroatoms. The molecule has 0 amide bonds. The monoisotopic (exact) mass is 233 g/mol. The molecule has 0 unspecified atom stereocenters. The standard InChI is InChI=1S/C15H23NO/c1-16-11-14-8-5-9-15(10-14)17-12-13-6-3-2-4-7-13/h5,8-10,13,16H,2-4,6-7,11-12H2,1H3. The third-order valence-corrected chi connectivity index (χ3v) is 3.49. The molecule has 1 N–H and O–H groups in total. The molecule has 94 valence electrons. The molecule has 0 radical (unpaired) electrons. The lowest BCUT2D eigenvalue weighted by molar-refractivity contribution is 0.208. The van der Waals surface area contributed by atoms with Crippen molar-refractivity contribution in [2.45, 2.75) is 38.6 Å². The minimum absolute atomic E-state index is 0.775. The average molecular weight is 233 g/mol. The summed E-state index contributed by atoms with van der Waals surface area (Å²) in [5.74, 6) is 1.79. The van der Waals surface area contributed by atoms with Crippen molar-refractivity contribution in [3.05, 3.63) is 29.8 Å². The Kier molecular flexibility index (Phi) is 4.87. The van der Waals surface area contributed by atoms with Gasteiger partial charge in [-0.15, -0.1) is 0 Å². The largest absolute Gasteiger partial charge is 0.493 e. The lowest BCUT2D eigenvalue weighted by atomic mass is 9.90. The van der Waals surface area contributed by atoms with Crippen molar-refractivity contribution >= 4 is 0 Å². The lowest BCUT2D eigenvalue weighted by Crippen LogP contribution is -2.15. The van der Waals surface area contributed by atoms with Gasteiger partial charge >= 0.3 is 0 Å². The smallest absolute Gasteiger partial charge is 0.119 e. The average Bonchev–Trinajstić information content (AvgIpc) is 2.39. The highest BCUT2D eigenvalue weighted by Gasteiger charge is 2.13. The molecular weight excluding hydrogens is 210 g/mol. The van der Waals surface area contributed by atoms with E-state index in [0.717, 1.165) is 24.8 Å². The van der Waals surface area contributed by atoms with Crippen molar-refractivity contribution in [3.8, 4) is 5.75 Å². The molecular formula is C15H23NO. The van der Waals surface area contributed by atoms with Gasteiger partial charge in [0.1, 0.15) is 5.75 Å². The van der Waals surface area contributed by atoms with E-state index in [-0.39, 0.29) is 0 Å². The summed E-state index contributed by atoms with van der Waals surface area (Å²) in [6.07, 6.45) is 6.86. The highest BCUT2D eigenvalue weighted by Crippen LogP contribution is 2.24. The van der Waals surface area contributed by atoms with Gasteiger partial charge in [-0.2, -0.15) is 0 Å². The van der Waals surface area contributed by atoms with Gasteiger partial charge in [-0.25, -0.2) is 0 Å². The topological polar surface area (TPSA) is 21.3 Å². The van der Waals surface area contributed by atoms with Crippen LogP contribution in [0.4, 0.5) is 0 Å². The first-order chi connectivity index (χ1) is 8.38. The Morgan fingerprint density at radius 2 is 2.06 bits per heavy atom. The van der Waals surface area contributed by atoms with Crippen LogP contribution in [-0.2, 0) is 6.54 Å². The maximum absolute atomic E-state index is 5.90. The Hall–Kier alpha value is -1.02. The summed E-state index contributed by atoms with van der Waals surface area (Å²) < 4.78 is 5.90. The van der Waals surface area contributed by atoms with Gasteiger partial charge in [-0.3, -0.25) is 0 Å². The van der Waals surface area contributed by atoms with E-state index in [1.165, 1.54) is 37.7 Å². The predicted octanol–water partition coefficient (Wildman–Crippen LogP) is 3.37. The fourth-order valence-electron chi connectivity index (χ4n) is 2.52. The second-order valence-electron chi connectivity index (χ2n) is 4.99. The predicted molar refractivity (Wildman–Crippen MR) is 71.3 cm³/mol. The van der Waals surface area contributed by atoms with Crippen LogP contribution in [0.25, 0.3) is 0 Å². The normalized spacial score (nSPS) is 17.0. The van der Waals surface area contributed by atoms with E-state index < -0.39 is 0 Å². The lowest BCUT2D eigenvalue weighted by Gasteiger charge is -2.21. The summed E-state index contributed by atoms with van der Waals surface area (Å²) >= 11 is 0. The summed E-state index contributed by atoms with van der Waals surface area (Å²) in [6.45, 7) is 1.80. The zero-order valence-electron chi connectivity index (χ0n) is 10.7. The van der Waals surface area contributed by atoms with E-state index >= 15 is 0 Å². The van der Waals surface area contributed by atoms with Crippen molar-refractivity contribution in [2.24, 2.45) is 5.92 Å². The number of hydrogen-bond donors (Lipinski definition) is 1. The summed E-state index contributed by atoms with van der Waals surface area (Å²) in [6, 6.07) is 8.40. The van der Waals surface area contributed by atoms with Crippen LogP contribution in [0.2, 0.25) is 0 Å². The third-order valence-electron chi connectivity index (χ3n) is 3.49. The molecule has 1 aromatic carbocycles. The Balaban J connectivity index is 1.83. The van der Waals surface area contributed by atoms with Crippen LogP contribution in [0.15, 0.2) is 24.3 Å². The Bertz CT molecular complexity index is 331. The summed E-state index contributed by atoms with van der Waals surface area (Å²) in [5, 5.41) is 3.16. The second kappa shape index (κ2) is 6.65. The Morgan fingerprint density at radius 3 is 2.82 bits per heavy atom. The zero-order valence-corrected chi connectivity index (χ0v) is 10.7. The van der Waals surface area contributed by atoms with E-state index in [9.17, 15) is 0 Å². The third kappa shape index (κ3) is 4.04. The number of ether oxygens (including phenoxy) is 1. The van der Waals surface area contributed by atoms with Crippen LogP contribution in [0, 0.1) is 5.92 Å². The first-order valence-electron chi connectivity index (χ1n) is 6.75. The van der Waals surface area contributed by atoms with Gasteiger partial charge in [0, 0.05) is 6.54 Å². The van der Waals surface area contributed by atoms with Gasteiger partial charge in [-0.1, -0.05) is 31.4 Å². The molecule has 2 nitrogen and oxygen atoms in total. The van der Waals surface area contributed by atoms with Crippen molar-refractivity contribution in [3.63, 3.8) is 0 Å². The Labute approximate surface area is 104 Å². The van der Waals surface area contributed by atoms with Gasteiger partial charge in [0.2, 0.25) is 0 Å². The number of hydrogen-bond acceptors (Lipinski definition) is 2. The maximum atomic E-state index is 5.90. The second-order valence-corrected chi connectivity index (χ2v) is 4.99. The van der Waals surface area contributed by atoms with Gasteiger partial charge in [-0.05, 0) is 43.5 Å². The molecule has 1 aliphatic rings. The zero-order chi connectivity index (χ0) is 11.9. The molecule has 0 spiro atoms. The van der Waals surface area contributed by atoms with E-state index in [4.69, 9.17) is 4.74 Å². The number of rotatable bonds is 5. The van der Waals surface area contributed by atoms with Crippen LogP contribution in [0.1, 0.15) is 37.7 Å². The highest BCUT2D eigenvalue weighted by molar-refractivity contribution is 5.28. The molecule has 0 atom stereocenters. The summed E-state index contributed by atoms with van der Waals surface area (Å²) in [7, 11) is 1.97. The van der Waals surface area contributed by atoms with Crippen LogP contribution in [0.3, 0.4) is 0 Å².